The summed E-state index contributed by atoms with van der Waals surface area (Å²) in [5.74, 6) is 1.45. The lowest BCUT2D eigenvalue weighted by atomic mass is 9.91. The highest BCUT2D eigenvalue weighted by atomic mass is 19.4. The number of alkyl halides is 3. The molecule has 0 aromatic carbocycles. The molecule has 2 unspecified atom stereocenters. The average molecular weight is 388 g/mol. The average Bonchev–Trinajstić information content (AvgIpc) is 3.22. The molecule has 0 N–H and O–H groups in total. The molecule has 2 atom stereocenters. The molecule has 5 nitrogen and oxygen atoms in total. The Hall–Kier alpha value is -2.90. The maximum atomic E-state index is 13.5. The number of anilines is 1. The van der Waals surface area contributed by atoms with Crippen LogP contribution in [0, 0.1) is 5.92 Å². The molecule has 1 aliphatic rings. The number of halogens is 3. The predicted octanol–water partition coefficient (Wildman–Crippen LogP) is 5.13. The quantitative estimate of drug-likeness (QED) is 0.623. The number of piperidine rings is 1. The molecular weight excluding hydrogens is 369 g/mol. The molecule has 0 amide bonds. The molecule has 4 heterocycles. The summed E-state index contributed by atoms with van der Waals surface area (Å²) < 4.78 is 46.1. The van der Waals surface area contributed by atoms with Crippen molar-refractivity contribution in [3.05, 3.63) is 60.4 Å². The number of pyridine rings is 1. The van der Waals surface area contributed by atoms with Crippen molar-refractivity contribution in [2.45, 2.75) is 32.0 Å². The Morgan fingerprint density at radius 1 is 1.14 bits per heavy atom. The normalized spacial score (nSPS) is 20.4. The van der Waals surface area contributed by atoms with Gasteiger partial charge in [-0.15, -0.1) is 0 Å². The molecule has 3 aromatic heterocycles. The highest BCUT2D eigenvalue weighted by Crippen LogP contribution is 2.39. The van der Waals surface area contributed by atoms with Gasteiger partial charge >= 0.3 is 6.18 Å². The third-order valence-corrected chi connectivity index (χ3v) is 4.97. The van der Waals surface area contributed by atoms with Crippen molar-refractivity contribution < 1.29 is 17.6 Å². The van der Waals surface area contributed by atoms with E-state index in [0.29, 0.717) is 18.0 Å². The summed E-state index contributed by atoms with van der Waals surface area (Å²) >= 11 is 0. The number of hydrogen-bond acceptors (Lipinski definition) is 5. The first-order valence-corrected chi connectivity index (χ1v) is 9.08. The molecule has 0 spiro atoms. The van der Waals surface area contributed by atoms with E-state index in [1.165, 1.54) is 12.4 Å². The maximum absolute atomic E-state index is 13.5. The number of furan rings is 1. The standard InChI is InChI=1S/C20H19F3N4O/c1-13-6-9-27(15(11-13)16-3-2-10-28-16)18-12-17(20(21,22)23)25-19(26-18)14-4-7-24-8-5-14/h2-5,7-8,10,12-13,15H,6,9,11H2,1H3. The van der Waals surface area contributed by atoms with Crippen LogP contribution in [0.5, 0.6) is 0 Å². The summed E-state index contributed by atoms with van der Waals surface area (Å²) in [4.78, 5) is 14.0. The summed E-state index contributed by atoms with van der Waals surface area (Å²) in [6.45, 7) is 2.73. The number of hydrogen-bond donors (Lipinski definition) is 0. The molecule has 0 bridgehead atoms. The second kappa shape index (κ2) is 7.26. The van der Waals surface area contributed by atoms with Gasteiger partial charge in [-0.3, -0.25) is 4.98 Å². The molecule has 3 aromatic rings. The first-order chi connectivity index (χ1) is 13.4. The van der Waals surface area contributed by atoms with Crippen LogP contribution in [0.25, 0.3) is 11.4 Å². The first kappa shape index (κ1) is 18.5. The van der Waals surface area contributed by atoms with E-state index in [-0.39, 0.29) is 17.7 Å². The topological polar surface area (TPSA) is 55.1 Å². The van der Waals surface area contributed by atoms with Crippen LogP contribution in [0.2, 0.25) is 0 Å². The van der Waals surface area contributed by atoms with Crippen molar-refractivity contribution in [1.29, 1.82) is 0 Å². The Labute approximate surface area is 160 Å². The molecule has 28 heavy (non-hydrogen) atoms. The van der Waals surface area contributed by atoms with Crippen LogP contribution in [0.4, 0.5) is 19.0 Å². The van der Waals surface area contributed by atoms with Gasteiger partial charge in [-0.1, -0.05) is 6.92 Å². The van der Waals surface area contributed by atoms with Crippen molar-refractivity contribution in [3.8, 4) is 11.4 Å². The van der Waals surface area contributed by atoms with Crippen LogP contribution in [0.15, 0.2) is 53.4 Å². The number of rotatable bonds is 3. The van der Waals surface area contributed by atoms with Crippen molar-refractivity contribution >= 4 is 5.82 Å². The van der Waals surface area contributed by atoms with Gasteiger partial charge in [0.1, 0.15) is 11.6 Å². The lowest BCUT2D eigenvalue weighted by Gasteiger charge is -2.38. The van der Waals surface area contributed by atoms with Gasteiger partial charge in [0.15, 0.2) is 11.5 Å². The van der Waals surface area contributed by atoms with Crippen LogP contribution < -0.4 is 4.90 Å². The monoisotopic (exact) mass is 388 g/mol. The predicted molar refractivity (Wildman–Crippen MR) is 97.5 cm³/mol. The zero-order valence-corrected chi connectivity index (χ0v) is 15.2. The second-order valence-electron chi connectivity index (χ2n) is 7.02. The lowest BCUT2D eigenvalue weighted by molar-refractivity contribution is -0.141. The van der Waals surface area contributed by atoms with E-state index in [4.69, 9.17) is 4.42 Å². The number of nitrogens with zero attached hydrogens (tertiary/aromatic N) is 4. The Kier molecular flexibility index (Phi) is 4.78. The molecular formula is C20H19F3N4O. The molecule has 1 fully saturated rings. The molecule has 146 valence electrons. The van der Waals surface area contributed by atoms with Crippen molar-refractivity contribution in [3.63, 3.8) is 0 Å². The fraction of sp³-hybridized carbons (Fsp3) is 0.350. The largest absolute Gasteiger partial charge is 0.467 e. The Morgan fingerprint density at radius 3 is 2.61 bits per heavy atom. The minimum absolute atomic E-state index is 0.0315. The Balaban J connectivity index is 1.81. The summed E-state index contributed by atoms with van der Waals surface area (Å²) in [5.41, 5.74) is -0.469. The van der Waals surface area contributed by atoms with Crippen molar-refractivity contribution in [1.82, 2.24) is 15.0 Å². The van der Waals surface area contributed by atoms with Gasteiger partial charge in [-0.05, 0) is 43.0 Å². The van der Waals surface area contributed by atoms with Gasteiger partial charge in [0.2, 0.25) is 0 Å². The van der Waals surface area contributed by atoms with Gasteiger partial charge in [-0.2, -0.15) is 13.2 Å². The fourth-order valence-corrected chi connectivity index (χ4v) is 3.52. The third kappa shape index (κ3) is 3.72. The molecule has 0 radical (unpaired) electrons. The van der Waals surface area contributed by atoms with Crippen LogP contribution >= 0.6 is 0 Å². The van der Waals surface area contributed by atoms with Gasteiger partial charge in [-0.25, -0.2) is 9.97 Å². The Morgan fingerprint density at radius 2 is 1.93 bits per heavy atom. The van der Waals surface area contributed by atoms with E-state index in [9.17, 15) is 13.2 Å². The van der Waals surface area contributed by atoms with Crippen LogP contribution in [0.1, 0.15) is 37.3 Å². The smallest absolute Gasteiger partial charge is 0.433 e. The zero-order valence-electron chi connectivity index (χ0n) is 15.2. The van der Waals surface area contributed by atoms with E-state index >= 15 is 0 Å². The fourth-order valence-electron chi connectivity index (χ4n) is 3.52. The molecule has 4 rings (SSSR count). The minimum atomic E-state index is -4.57. The van der Waals surface area contributed by atoms with Gasteiger partial charge in [0.25, 0.3) is 0 Å². The molecule has 0 aliphatic carbocycles. The van der Waals surface area contributed by atoms with Crippen LogP contribution in [-0.2, 0) is 6.18 Å². The van der Waals surface area contributed by atoms with Gasteiger partial charge in [0, 0.05) is 30.6 Å². The highest BCUT2D eigenvalue weighted by molar-refractivity contribution is 5.58. The van der Waals surface area contributed by atoms with Crippen LogP contribution in [-0.4, -0.2) is 21.5 Å². The summed E-state index contributed by atoms with van der Waals surface area (Å²) in [6.07, 6.45) is 1.68. The van der Waals surface area contributed by atoms with E-state index in [1.807, 2.05) is 11.0 Å². The summed E-state index contributed by atoms with van der Waals surface area (Å²) in [5, 5.41) is 0. The summed E-state index contributed by atoms with van der Waals surface area (Å²) in [6, 6.07) is 7.70. The van der Waals surface area contributed by atoms with Crippen molar-refractivity contribution in [2.24, 2.45) is 5.92 Å². The van der Waals surface area contributed by atoms with Gasteiger partial charge < -0.3 is 9.32 Å². The Bertz CT molecular complexity index is 928. The molecule has 0 saturated carbocycles. The van der Waals surface area contributed by atoms with Gasteiger partial charge in [0.05, 0.1) is 12.3 Å². The highest BCUT2D eigenvalue weighted by Gasteiger charge is 2.36. The summed E-state index contributed by atoms with van der Waals surface area (Å²) in [7, 11) is 0. The molecule has 1 aliphatic heterocycles. The maximum Gasteiger partial charge on any atom is 0.433 e. The second-order valence-corrected chi connectivity index (χ2v) is 7.02. The molecule has 8 heteroatoms. The van der Waals surface area contributed by atoms with Crippen molar-refractivity contribution in [2.75, 3.05) is 11.4 Å². The SMILES string of the molecule is CC1CCN(c2cc(C(F)(F)F)nc(-c3ccncc3)n2)C(c2ccco2)C1. The zero-order chi connectivity index (χ0) is 19.7. The first-order valence-electron chi connectivity index (χ1n) is 9.08. The van der Waals surface area contributed by atoms with E-state index in [1.54, 1.807) is 24.5 Å². The minimum Gasteiger partial charge on any atom is -0.467 e. The van der Waals surface area contributed by atoms with E-state index in [2.05, 4.69) is 21.9 Å². The number of aromatic nitrogens is 3. The van der Waals surface area contributed by atoms with E-state index in [0.717, 1.165) is 24.7 Å². The van der Waals surface area contributed by atoms with E-state index < -0.39 is 11.9 Å². The third-order valence-electron chi connectivity index (χ3n) is 4.97. The lowest BCUT2D eigenvalue weighted by Crippen LogP contribution is -2.37. The molecule has 1 saturated heterocycles. The van der Waals surface area contributed by atoms with Crippen LogP contribution in [0.3, 0.4) is 0 Å².